The highest BCUT2D eigenvalue weighted by molar-refractivity contribution is 9.10. The smallest absolute Gasteiger partial charge is 0.360 e. The molecule has 0 atom stereocenters. The Balaban J connectivity index is 2.34. The molecule has 0 aliphatic heterocycles. The number of ether oxygens (including phenoxy) is 2. The molecular weight excluding hydrogens is 302 g/mol. The predicted octanol–water partition coefficient (Wildman–Crippen LogP) is 2.90. The molecule has 94 valence electrons. The van der Waals surface area contributed by atoms with Gasteiger partial charge in [-0.2, -0.15) is 0 Å². The average Bonchev–Trinajstić information content (AvgIpc) is 2.87. The number of methoxy groups -OCH3 is 2. The molecular formula is C12H10BrNO4. The first-order valence-corrected chi connectivity index (χ1v) is 5.84. The third-order valence-corrected chi connectivity index (χ3v) is 2.96. The van der Waals surface area contributed by atoms with E-state index in [0.717, 1.165) is 10.0 Å². The van der Waals surface area contributed by atoms with E-state index in [2.05, 4.69) is 25.8 Å². The zero-order valence-corrected chi connectivity index (χ0v) is 11.4. The maximum absolute atomic E-state index is 11.3. The average molecular weight is 312 g/mol. The van der Waals surface area contributed by atoms with Gasteiger partial charge in [0.25, 0.3) is 0 Å². The number of esters is 1. The first-order chi connectivity index (χ1) is 8.65. The quantitative estimate of drug-likeness (QED) is 0.816. The van der Waals surface area contributed by atoms with Crippen LogP contribution in [0.15, 0.2) is 33.3 Å². The second-order valence-electron chi connectivity index (χ2n) is 3.42. The lowest BCUT2D eigenvalue weighted by Crippen LogP contribution is -2.00. The fraction of sp³-hybridized carbons (Fsp3) is 0.167. The Hall–Kier alpha value is -1.82. The number of hydrogen-bond acceptors (Lipinski definition) is 5. The van der Waals surface area contributed by atoms with E-state index in [1.54, 1.807) is 13.2 Å². The molecule has 2 aromatic rings. The van der Waals surface area contributed by atoms with Gasteiger partial charge in [-0.25, -0.2) is 4.79 Å². The molecule has 0 bridgehead atoms. The molecule has 0 radical (unpaired) electrons. The fourth-order valence-electron chi connectivity index (χ4n) is 1.43. The number of aromatic nitrogens is 1. The van der Waals surface area contributed by atoms with Crippen LogP contribution in [0.5, 0.6) is 5.75 Å². The van der Waals surface area contributed by atoms with Crippen molar-refractivity contribution < 1.29 is 18.8 Å². The molecule has 6 heteroatoms. The van der Waals surface area contributed by atoms with Gasteiger partial charge in [0.15, 0.2) is 11.5 Å². The molecule has 5 nitrogen and oxygen atoms in total. The summed E-state index contributed by atoms with van der Waals surface area (Å²) in [6.45, 7) is 0. The van der Waals surface area contributed by atoms with Gasteiger partial charge in [-0.15, -0.1) is 0 Å². The molecule has 0 aliphatic carbocycles. The Morgan fingerprint density at radius 1 is 1.33 bits per heavy atom. The van der Waals surface area contributed by atoms with Crippen molar-refractivity contribution in [1.82, 2.24) is 5.16 Å². The van der Waals surface area contributed by atoms with Crippen LogP contribution in [0, 0.1) is 0 Å². The van der Waals surface area contributed by atoms with Gasteiger partial charge in [-0.05, 0) is 34.1 Å². The van der Waals surface area contributed by atoms with Gasteiger partial charge in [0.05, 0.1) is 18.7 Å². The van der Waals surface area contributed by atoms with Gasteiger partial charge in [0.2, 0.25) is 0 Å². The lowest BCUT2D eigenvalue weighted by atomic mass is 10.1. The second-order valence-corrected chi connectivity index (χ2v) is 4.27. The highest BCUT2D eigenvalue weighted by Gasteiger charge is 2.14. The maximum atomic E-state index is 11.3. The van der Waals surface area contributed by atoms with Crippen LogP contribution in [0.25, 0.3) is 11.3 Å². The van der Waals surface area contributed by atoms with E-state index in [0.29, 0.717) is 11.5 Å². The largest absolute Gasteiger partial charge is 0.496 e. The molecule has 0 spiro atoms. The second kappa shape index (κ2) is 5.22. The lowest BCUT2D eigenvalue weighted by molar-refractivity contribution is 0.0589. The number of rotatable bonds is 3. The molecule has 1 aromatic carbocycles. The molecule has 1 heterocycles. The number of nitrogens with zero attached hydrogens (tertiary/aromatic N) is 1. The van der Waals surface area contributed by atoms with Crippen molar-refractivity contribution in [1.29, 1.82) is 0 Å². The van der Waals surface area contributed by atoms with Crippen LogP contribution in [-0.2, 0) is 4.74 Å². The van der Waals surface area contributed by atoms with Crippen LogP contribution < -0.4 is 4.74 Å². The van der Waals surface area contributed by atoms with Crippen molar-refractivity contribution in [2.45, 2.75) is 0 Å². The Labute approximate surface area is 112 Å². The zero-order chi connectivity index (χ0) is 13.1. The first kappa shape index (κ1) is 12.6. The number of carbonyl (C=O) groups is 1. The molecule has 1 aromatic heterocycles. The van der Waals surface area contributed by atoms with Crippen molar-refractivity contribution in [3.8, 4) is 17.1 Å². The molecule has 0 aliphatic rings. The van der Waals surface area contributed by atoms with Crippen LogP contribution >= 0.6 is 15.9 Å². The molecule has 0 amide bonds. The van der Waals surface area contributed by atoms with Gasteiger partial charge < -0.3 is 14.0 Å². The molecule has 0 N–H and O–H groups in total. The van der Waals surface area contributed by atoms with Crippen LogP contribution in [0.3, 0.4) is 0 Å². The Kier molecular flexibility index (Phi) is 3.66. The SMILES string of the molecule is COC(=O)c1cc(-c2ccc(OC)c(Br)c2)on1. The molecule has 0 saturated carbocycles. The van der Waals surface area contributed by atoms with Gasteiger partial charge in [0.1, 0.15) is 5.75 Å². The van der Waals surface area contributed by atoms with Crippen LogP contribution in [0.2, 0.25) is 0 Å². The first-order valence-electron chi connectivity index (χ1n) is 5.04. The topological polar surface area (TPSA) is 61.6 Å². The lowest BCUT2D eigenvalue weighted by Gasteiger charge is -2.03. The Morgan fingerprint density at radius 2 is 2.11 bits per heavy atom. The molecule has 0 unspecified atom stereocenters. The summed E-state index contributed by atoms with van der Waals surface area (Å²) in [6, 6.07) is 6.95. The Morgan fingerprint density at radius 3 is 2.72 bits per heavy atom. The minimum Gasteiger partial charge on any atom is -0.496 e. The number of benzene rings is 1. The maximum Gasteiger partial charge on any atom is 0.360 e. The normalized spacial score (nSPS) is 10.2. The monoisotopic (exact) mass is 311 g/mol. The minimum absolute atomic E-state index is 0.138. The molecule has 18 heavy (non-hydrogen) atoms. The zero-order valence-electron chi connectivity index (χ0n) is 9.77. The summed E-state index contributed by atoms with van der Waals surface area (Å²) in [7, 11) is 2.88. The van der Waals surface area contributed by atoms with Crippen molar-refractivity contribution in [2.24, 2.45) is 0 Å². The van der Waals surface area contributed by atoms with Crippen LogP contribution in [0.1, 0.15) is 10.5 Å². The summed E-state index contributed by atoms with van der Waals surface area (Å²) in [6.07, 6.45) is 0. The standard InChI is InChI=1S/C12H10BrNO4/c1-16-10-4-3-7(5-8(10)13)11-6-9(14-18-11)12(15)17-2/h3-6H,1-2H3. The van der Waals surface area contributed by atoms with E-state index in [1.165, 1.54) is 13.2 Å². The van der Waals surface area contributed by atoms with Crippen molar-refractivity contribution in [3.63, 3.8) is 0 Å². The molecule has 0 saturated heterocycles. The van der Waals surface area contributed by atoms with Gasteiger partial charge in [-0.1, -0.05) is 5.16 Å². The summed E-state index contributed by atoms with van der Waals surface area (Å²) >= 11 is 3.38. The number of carbonyl (C=O) groups excluding carboxylic acids is 1. The van der Waals surface area contributed by atoms with E-state index in [9.17, 15) is 4.79 Å². The van der Waals surface area contributed by atoms with Gasteiger partial charge >= 0.3 is 5.97 Å². The van der Waals surface area contributed by atoms with Crippen LogP contribution in [-0.4, -0.2) is 25.3 Å². The summed E-state index contributed by atoms with van der Waals surface area (Å²) < 4.78 is 15.6. The minimum atomic E-state index is -0.530. The van der Waals surface area contributed by atoms with Gasteiger partial charge in [0, 0.05) is 11.6 Å². The summed E-state index contributed by atoms with van der Waals surface area (Å²) in [5.41, 5.74) is 0.921. The van der Waals surface area contributed by atoms with E-state index >= 15 is 0 Å². The van der Waals surface area contributed by atoms with E-state index in [4.69, 9.17) is 9.26 Å². The highest BCUT2D eigenvalue weighted by Crippen LogP contribution is 2.30. The number of halogens is 1. The van der Waals surface area contributed by atoms with Gasteiger partial charge in [-0.3, -0.25) is 0 Å². The Bertz CT molecular complexity index is 579. The summed E-state index contributed by atoms with van der Waals surface area (Å²) in [4.78, 5) is 11.3. The van der Waals surface area contributed by atoms with Crippen molar-refractivity contribution >= 4 is 21.9 Å². The fourth-order valence-corrected chi connectivity index (χ4v) is 1.97. The highest BCUT2D eigenvalue weighted by atomic mass is 79.9. The van der Waals surface area contributed by atoms with E-state index in [-0.39, 0.29) is 5.69 Å². The molecule has 2 rings (SSSR count). The summed E-state index contributed by atoms with van der Waals surface area (Å²) in [5, 5.41) is 3.64. The van der Waals surface area contributed by atoms with Crippen molar-refractivity contribution in [2.75, 3.05) is 14.2 Å². The third kappa shape index (κ3) is 2.38. The van der Waals surface area contributed by atoms with E-state index < -0.39 is 5.97 Å². The number of hydrogen-bond donors (Lipinski definition) is 0. The van der Waals surface area contributed by atoms with Crippen molar-refractivity contribution in [3.05, 3.63) is 34.4 Å². The van der Waals surface area contributed by atoms with E-state index in [1.807, 2.05) is 12.1 Å². The molecule has 0 fully saturated rings. The van der Waals surface area contributed by atoms with Crippen LogP contribution in [0.4, 0.5) is 0 Å². The third-order valence-electron chi connectivity index (χ3n) is 2.34. The summed E-state index contributed by atoms with van der Waals surface area (Å²) in [5.74, 6) is 0.669. The predicted molar refractivity (Wildman–Crippen MR) is 67.5 cm³/mol.